The molecule has 0 spiro atoms. The van der Waals surface area contributed by atoms with Gasteiger partial charge in [-0.1, -0.05) is 0 Å². The van der Waals surface area contributed by atoms with Gasteiger partial charge >= 0.3 is 0 Å². The molecule has 2 aliphatic rings. The van der Waals surface area contributed by atoms with Crippen molar-refractivity contribution in [1.29, 1.82) is 0 Å². The van der Waals surface area contributed by atoms with Gasteiger partial charge in [-0.25, -0.2) is 0 Å². The molecule has 0 aromatic carbocycles. The van der Waals surface area contributed by atoms with Crippen molar-refractivity contribution < 1.29 is 9.90 Å². The van der Waals surface area contributed by atoms with Gasteiger partial charge in [-0.05, 0) is 51.9 Å². The van der Waals surface area contributed by atoms with Crippen molar-refractivity contribution >= 4 is 5.91 Å². The predicted octanol–water partition coefficient (Wildman–Crippen LogP) is 0.664. The Bertz CT molecular complexity index is 632. The maximum Gasteiger partial charge on any atom is 0.222 e. The molecule has 2 N–H and O–H groups in total. The zero-order chi connectivity index (χ0) is 19.4. The number of aliphatic hydroxyl groups is 1. The summed E-state index contributed by atoms with van der Waals surface area (Å²) in [6.07, 6.45) is 2.36. The van der Waals surface area contributed by atoms with Crippen molar-refractivity contribution in [2.75, 3.05) is 59.5 Å². The van der Waals surface area contributed by atoms with Gasteiger partial charge in [0.05, 0.1) is 5.69 Å². The van der Waals surface area contributed by atoms with Crippen LogP contribution in [0.3, 0.4) is 0 Å². The Morgan fingerprint density at radius 3 is 2.67 bits per heavy atom. The van der Waals surface area contributed by atoms with Crippen LogP contribution in [0.2, 0.25) is 0 Å². The van der Waals surface area contributed by atoms with E-state index in [0.29, 0.717) is 25.3 Å². The molecule has 2 saturated heterocycles. The van der Waals surface area contributed by atoms with Crippen molar-refractivity contribution in [1.82, 2.24) is 24.9 Å². The highest BCUT2D eigenvalue weighted by atomic mass is 16.3. The number of hydrogen-bond donors (Lipinski definition) is 2. The van der Waals surface area contributed by atoms with Crippen LogP contribution in [0.5, 0.6) is 0 Å². The van der Waals surface area contributed by atoms with Gasteiger partial charge in [-0.2, -0.15) is 5.10 Å². The lowest BCUT2D eigenvalue weighted by molar-refractivity contribution is -0.130. The number of nitrogens with one attached hydrogen (secondary N) is 1. The Kier molecular flexibility index (Phi) is 6.89. The van der Waals surface area contributed by atoms with Crippen LogP contribution in [-0.2, 0) is 11.2 Å². The first-order valence-electron chi connectivity index (χ1n) is 10.3. The van der Waals surface area contributed by atoms with E-state index in [0.717, 1.165) is 56.2 Å². The van der Waals surface area contributed by atoms with E-state index in [9.17, 15) is 9.90 Å². The molecular weight excluding hydrogens is 342 g/mol. The Morgan fingerprint density at radius 1 is 1.19 bits per heavy atom. The number of H-pyrrole nitrogens is 1. The zero-order valence-corrected chi connectivity index (χ0v) is 17.1. The second kappa shape index (κ2) is 9.17. The van der Waals surface area contributed by atoms with Gasteiger partial charge in [0.25, 0.3) is 0 Å². The summed E-state index contributed by atoms with van der Waals surface area (Å²) in [4.78, 5) is 19.6. The Balaban J connectivity index is 1.51. The highest BCUT2D eigenvalue weighted by Crippen LogP contribution is 2.25. The van der Waals surface area contributed by atoms with Crippen LogP contribution in [0.25, 0.3) is 0 Å². The summed E-state index contributed by atoms with van der Waals surface area (Å²) in [5, 5.41) is 17.1. The van der Waals surface area contributed by atoms with Crippen molar-refractivity contribution in [2.24, 2.45) is 11.8 Å². The van der Waals surface area contributed by atoms with Crippen molar-refractivity contribution in [3.05, 3.63) is 17.0 Å². The summed E-state index contributed by atoms with van der Waals surface area (Å²) >= 11 is 0. The van der Waals surface area contributed by atoms with Crippen molar-refractivity contribution in [2.45, 2.75) is 33.1 Å². The fraction of sp³-hybridized carbons (Fsp3) is 0.800. The average molecular weight is 378 g/mol. The number of aromatic amines is 1. The van der Waals surface area contributed by atoms with E-state index < -0.39 is 0 Å². The van der Waals surface area contributed by atoms with Crippen LogP contribution < -0.4 is 0 Å². The quantitative estimate of drug-likeness (QED) is 0.762. The number of rotatable bonds is 6. The topological polar surface area (TPSA) is 75.7 Å². The fourth-order valence-electron chi connectivity index (χ4n) is 4.33. The summed E-state index contributed by atoms with van der Waals surface area (Å²) in [7, 11) is 2.18. The Hall–Kier alpha value is -1.44. The minimum atomic E-state index is 0.167. The van der Waals surface area contributed by atoms with Gasteiger partial charge in [0, 0.05) is 63.8 Å². The van der Waals surface area contributed by atoms with Gasteiger partial charge in [0.1, 0.15) is 0 Å². The van der Waals surface area contributed by atoms with E-state index in [1.54, 1.807) is 0 Å². The number of carbonyl (C=O) groups excluding carboxylic acids is 1. The van der Waals surface area contributed by atoms with E-state index in [-0.39, 0.29) is 18.4 Å². The number of hydrogen-bond acceptors (Lipinski definition) is 5. The SMILES string of the molecule is Cc1[nH]nc(CCC(=O)N2C[C@@H](CN3CCCN(C)CC3)[C@@H](CO)C2)c1C. The van der Waals surface area contributed by atoms with E-state index in [4.69, 9.17) is 0 Å². The zero-order valence-electron chi connectivity index (χ0n) is 17.1. The third-order valence-electron chi connectivity index (χ3n) is 6.40. The number of aliphatic hydroxyl groups excluding tert-OH is 1. The molecule has 7 heteroatoms. The monoisotopic (exact) mass is 377 g/mol. The van der Waals surface area contributed by atoms with E-state index in [1.165, 1.54) is 6.42 Å². The smallest absolute Gasteiger partial charge is 0.222 e. The van der Waals surface area contributed by atoms with Crippen molar-refractivity contribution in [3.63, 3.8) is 0 Å². The maximum absolute atomic E-state index is 12.7. The fourth-order valence-corrected chi connectivity index (χ4v) is 4.33. The van der Waals surface area contributed by atoms with E-state index in [2.05, 4.69) is 27.0 Å². The molecule has 2 aliphatic heterocycles. The lowest BCUT2D eigenvalue weighted by Gasteiger charge is -2.26. The standard InChI is InChI=1S/C20H35N5O2/c1-15-16(2)21-22-19(15)5-6-20(27)25-12-17(18(13-25)14-26)11-24-8-4-7-23(3)9-10-24/h17-18,26H,4-14H2,1-3H3,(H,21,22)/t17-,18-/m1/s1. The van der Waals surface area contributed by atoms with Crippen LogP contribution in [0.1, 0.15) is 29.8 Å². The molecule has 152 valence electrons. The molecule has 27 heavy (non-hydrogen) atoms. The lowest BCUT2D eigenvalue weighted by Crippen LogP contribution is -2.36. The van der Waals surface area contributed by atoms with Gasteiger partial charge < -0.3 is 19.8 Å². The third kappa shape index (κ3) is 5.09. The molecule has 0 saturated carbocycles. The summed E-state index contributed by atoms with van der Waals surface area (Å²) in [6.45, 7) is 11.1. The summed E-state index contributed by atoms with van der Waals surface area (Å²) < 4.78 is 0. The number of aryl methyl sites for hydroxylation is 2. The molecular formula is C20H35N5O2. The van der Waals surface area contributed by atoms with Gasteiger partial charge in [-0.3, -0.25) is 9.89 Å². The highest BCUT2D eigenvalue weighted by molar-refractivity contribution is 5.76. The number of likely N-dealkylation sites (tertiary alicyclic amines) is 1. The summed E-state index contributed by atoms with van der Waals surface area (Å²) in [6, 6.07) is 0. The van der Waals surface area contributed by atoms with Gasteiger partial charge in [0.15, 0.2) is 0 Å². The van der Waals surface area contributed by atoms with E-state index >= 15 is 0 Å². The summed E-state index contributed by atoms with van der Waals surface area (Å²) in [5.74, 6) is 0.757. The van der Waals surface area contributed by atoms with Crippen LogP contribution in [-0.4, -0.2) is 95.4 Å². The second-order valence-corrected chi connectivity index (χ2v) is 8.38. The second-order valence-electron chi connectivity index (χ2n) is 8.38. The molecule has 7 nitrogen and oxygen atoms in total. The number of aromatic nitrogens is 2. The number of amides is 1. The molecule has 1 aromatic heterocycles. The largest absolute Gasteiger partial charge is 0.396 e. The van der Waals surface area contributed by atoms with Crippen LogP contribution in [0, 0.1) is 25.7 Å². The molecule has 0 aliphatic carbocycles. The van der Waals surface area contributed by atoms with Crippen molar-refractivity contribution in [3.8, 4) is 0 Å². The number of carbonyl (C=O) groups is 1. The number of nitrogens with zero attached hydrogens (tertiary/aromatic N) is 4. The first kappa shape index (κ1) is 20.3. The molecule has 3 heterocycles. The molecule has 0 radical (unpaired) electrons. The third-order valence-corrected chi connectivity index (χ3v) is 6.40. The average Bonchev–Trinajstić information content (AvgIpc) is 3.13. The minimum absolute atomic E-state index is 0.167. The first-order valence-corrected chi connectivity index (χ1v) is 10.3. The first-order chi connectivity index (χ1) is 13.0. The normalized spacial score (nSPS) is 25.1. The van der Waals surface area contributed by atoms with E-state index in [1.807, 2.05) is 18.7 Å². The van der Waals surface area contributed by atoms with Crippen LogP contribution in [0.4, 0.5) is 0 Å². The molecule has 1 aromatic rings. The lowest BCUT2D eigenvalue weighted by atomic mass is 9.96. The number of likely N-dealkylation sites (N-methyl/N-ethyl adjacent to an activating group) is 1. The Morgan fingerprint density at radius 2 is 1.96 bits per heavy atom. The van der Waals surface area contributed by atoms with Gasteiger partial charge in [0.2, 0.25) is 5.91 Å². The van der Waals surface area contributed by atoms with Crippen LogP contribution >= 0.6 is 0 Å². The molecule has 1 amide bonds. The molecule has 2 fully saturated rings. The summed E-state index contributed by atoms with van der Waals surface area (Å²) in [5.41, 5.74) is 3.22. The maximum atomic E-state index is 12.7. The van der Waals surface area contributed by atoms with Gasteiger partial charge in [-0.15, -0.1) is 0 Å². The molecule has 3 rings (SSSR count). The Labute approximate surface area is 162 Å². The molecule has 0 bridgehead atoms. The molecule has 2 atom stereocenters. The van der Waals surface area contributed by atoms with Crippen LogP contribution in [0.15, 0.2) is 0 Å². The minimum Gasteiger partial charge on any atom is -0.396 e. The molecule has 0 unspecified atom stereocenters. The predicted molar refractivity (Wildman–Crippen MR) is 106 cm³/mol. The highest BCUT2D eigenvalue weighted by Gasteiger charge is 2.35.